The fourth-order valence-corrected chi connectivity index (χ4v) is 4.69. The number of carbonyl (C=O) groups excluding carboxylic acids is 1. The molecule has 6 heteroatoms. The largest absolute Gasteiger partial charge is 0.462 e. The predicted molar refractivity (Wildman–Crippen MR) is 131 cm³/mol. The highest BCUT2D eigenvalue weighted by atomic mass is 79.9. The molecule has 2 heterocycles. The first-order chi connectivity index (χ1) is 16.2. The summed E-state index contributed by atoms with van der Waals surface area (Å²) in [6.07, 6.45) is 2.76. The number of aromatic nitrogens is 1. The van der Waals surface area contributed by atoms with E-state index in [-0.39, 0.29) is 12.4 Å². The monoisotopic (exact) mass is 501 g/mol. The van der Waals surface area contributed by atoms with E-state index in [2.05, 4.69) is 15.9 Å². The predicted octanol–water partition coefficient (Wildman–Crippen LogP) is 5.87. The molecule has 5 nitrogen and oxygen atoms in total. The molecule has 0 N–H and O–H groups in total. The summed E-state index contributed by atoms with van der Waals surface area (Å²) in [5.74, 6) is 0.513. The van der Waals surface area contributed by atoms with Crippen LogP contribution < -0.4 is 5.56 Å². The van der Waals surface area contributed by atoms with Gasteiger partial charge < -0.3 is 9.47 Å². The molecule has 1 aromatic heterocycles. The zero-order valence-electron chi connectivity index (χ0n) is 17.6. The molecular weight excluding hydrogens is 482 g/mol. The van der Waals surface area contributed by atoms with E-state index in [4.69, 9.17) is 9.47 Å². The van der Waals surface area contributed by atoms with Crippen molar-refractivity contribution in [3.63, 3.8) is 0 Å². The Morgan fingerprint density at radius 3 is 2.36 bits per heavy atom. The molecule has 3 aromatic carbocycles. The Labute approximate surface area is 199 Å². The maximum Gasteiger partial charge on any atom is 0.259 e. The van der Waals surface area contributed by atoms with E-state index in [0.29, 0.717) is 28.8 Å². The topological polar surface area (TPSA) is 57.5 Å². The van der Waals surface area contributed by atoms with Crippen molar-refractivity contribution in [3.8, 4) is 11.1 Å². The lowest BCUT2D eigenvalue weighted by Gasteiger charge is -2.25. The van der Waals surface area contributed by atoms with Crippen LogP contribution in [0.25, 0.3) is 21.9 Å². The number of carbonyl (C=O) groups is 1. The average molecular weight is 502 g/mol. The van der Waals surface area contributed by atoms with Crippen LogP contribution in [0.2, 0.25) is 0 Å². The van der Waals surface area contributed by atoms with Gasteiger partial charge in [0, 0.05) is 21.8 Å². The van der Waals surface area contributed by atoms with Crippen molar-refractivity contribution in [2.45, 2.75) is 12.5 Å². The van der Waals surface area contributed by atoms with Gasteiger partial charge in [-0.25, -0.2) is 0 Å². The summed E-state index contributed by atoms with van der Waals surface area (Å²) < 4.78 is 13.4. The van der Waals surface area contributed by atoms with Gasteiger partial charge >= 0.3 is 0 Å². The smallest absolute Gasteiger partial charge is 0.259 e. The lowest BCUT2D eigenvalue weighted by atomic mass is 9.95. The van der Waals surface area contributed by atoms with Gasteiger partial charge in [0.2, 0.25) is 6.79 Å². The highest BCUT2D eigenvalue weighted by molar-refractivity contribution is 9.10. The van der Waals surface area contributed by atoms with E-state index in [9.17, 15) is 9.59 Å². The van der Waals surface area contributed by atoms with Crippen LogP contribution in [-0.4, -0.2) is 17.6 Å². The molecule has 1 aliphatic rings. The van der Waals surface area contributed by atoms with Crippen molar-refractivity contribution in [2.24, 2.45) is 0 Å². The maximum atomic E-state index is 13.9. The number of nitrogens with zero attached hydrogens (tertiary/aromatic N) is 1. The molecule has 0 saturated carbocycles. The number of hydrogen-bond donors (Lipinski definition) is 0. The Balaban J connectivity index is 1.84. The summed E-state index contributed by atoms with van der Waals surface area (Å²) in [6, 6.07) is 24.4. The van der Waals surface area contributed by atoms with Crippen LogP contribution in [0.3, 0.4) is 0 Å². The summed E-state index contributed by atoms with van der Waals surface area (Å²) in [6.45, 7) is 0.0812. The Morgan fingerprint density at radius 2 is 1.70 bits per heavy atom. The highest BCUT2D eigenvalue weighted by Crippen LogP contribution is 2.35. The zero-order valence-corrected chi connectivity index (χ0v) is 19.2. The first-order valence-corrected chi connectivity index (χ1v) is 11.3. The minimum atomic E-state index is -0.543. The van der Waals surface area contributed by atoms with Crippen LogP contribution in [-0.2, 0) is 15.9 Å². The molecule has 0 fully saturated rings. The summed E-state index contributed by atoms with van der Waals surface area (Å²) in [5, 5.41) is 1.25. The molecule has 0 amide bonds. The number of hydrogen-bond acceptors (Lipinski definition) is 4. The maximum absolute atomic E-state index is 13.9. The molecule has 1 atom stereocenters. The number of rotatable bonds is 6. The van der Waals surface area contributed by atoms with Gasteiger partial charge in [0.1, 0.15) is 12.3 Å². The normalized spacial score (nSPS) is 13.8. The van der Waals surface area contributed by atoms with Crippen molar-refractivity contribution < 1.29 is 14.3 Å². The van der Waals surface area contributed by atoms with Gasteiger partial charge in [-0.1, -0.05) is 76.6 Å². The van der Waals surface area contributed by atoms with E-state index < -0.39 is 6.04 Å². The quantitative estimate of drug-likeness (QED) is 0.310. The van der Waals surface area contributed by atoms with Crippen molar-refractivity contribution in [1.82, 2.24) is 4.57 Å². The van der Waals surface area contributed by atoms with Crippen molar-refractivity contribution in [2.75, 3.05) is 6.79 Å². The van der Waals surface area contributed by atoms with Gasteiger partial charge in [-0.2, -0.15) is 0 Å². The number of ether oxygens (including phenoxy) is 2. The third-order valence-electron chi connectivity index (χ3n) is 5.80. The summed E-state index contributed by atoms with van der Waals surface area (Å²) in [4.78, 5) is 26.5. The van der Waals surface area contributed by atoms with Crippen molar-refractivity contribution >= 4 is 33.0 Å². The SMILES string of the molecule is O=Cc1c(-c2ccccc2)c2cc(Br)ccc2c(=O)n1C(Cc1ccccc1)C1=COCO1. The van der Waals surface area contributed by atoms with Crippen LogP contribution in [0.4, 0.5) is 0 Å². The van der Waals surface area contributed by atoms with E-state index in [1.165, 1.54) is 6.26 Å². The number of allylic oxidation sites excluding steroid dienone is 1. The second-order valence-corrected chi connectivity index (χ2v) is 8.68. The second-order valence-electron chi connectivity index (χ2n) is 7.76. The fourth-order valence-electron chi connectivity index (χ4n) is 4.32. The summed E-state index contributed by atoms with van der Waals surface area (Å²) in [7, 11) is 0. The first-order valence-electron chi connectivity index (χ1n) is 10.5. The highest BCUT2D eigenvalue weighted by Gasteiger charge is 2.29. The lowest BCUT2D eigenvalue weighted by Crippen LogP contribution is -2.31. The molecular formula is C27H20BrNO4. The van der Waals surface area contributed by atoms with Crippen LogP contribution in [0, 0.1) is 0 Å². The van der Waals surface area contributed by atoms with Gasteiger partial charge in [0.25, 0.3) is 5.56 Å². The molecule has 1 unspecified atom stereocenters. The standard InChI is InChI=1S/C27H20BrNO4/c28-20-11-12-21-22(14-20)26(19-9-5-2-6-10-19)24(15-30)29(27(21)31)23(25-16-32-17-33-25)13-18-7-3-1-4-8-18/h1-12,14-16,23H,13,17H2. The second kappa shape index (κ2) is 9.08. The van der Waals surface area contributed by atoms with Crippen LogP contribution in [0.1, 0.15) is 22.1 Å². The van der Waals surface area contributed by atoms with Crippen molar-refractivity contribution in [3.05, 3.63) is 117 Å². The van der Waals surface area contributed by atoms with Crippen LogP contribution in [0.5, 0.6) is 0 Å². The Hall–Kier alpha value is -3.64. The van der Waals surface area contributed by atoms with E-state index >= 15 is 0 Å². The molecule has 0 saturated heterocycles. The van der Waals surface area contributed by atoms with Crippen molar-refractivity contribution in [1.29, 1.82) is 0 Å². The molecule has 164 valence electrons. The van der Waals surface area contributed by atoms with Gasteiger partial charge in [0.05, 0.1) is 5.69 Å². The van der Waals surface area contributed by atoms with Gasteiger partial charge in [0.15, 0.2) is 12.0 Å². The number of aldehydes is 1. The zero-order chi connectivity index (χ0) is 22.8. The van der Waals surface area contributed by atoms with Crippen LogP contribution >= 0.6 is 15.9 Å². The van der Waals surface area contributed by atoms with E-state index in [1.54, 1.807) is 10.6 Å². The molecule has 0 spiro atoms. The van der Waals surface area contributed by atoms with Gasteiger partial charge in [-0.3, -0.25) is 14.2 Å². The van der Waals surface area contributed by atoms with Crippen LogP contribution in [0.15, 0.2) is 100 Å². The number of halogens is 1. The average Bonchev–Trinajstić information content (AvgIpc) is 3.38. The third-order valence-corrected chi connectivity index (χ3v) is 6.29. The lowest BCUT2D eigenvalue weighted by molar-refractivity contribution is 0.0708. The van der Waals surface area contributed by atoms with E-state index in [1.807, 2.05) is 72.8 Å². The molecule has 4 aromatic rings. The third kappa shape index (κ3) is 3.98. The summed E-state index contributed by atoms with van der Waals surface area (Å²) >= 11 is 3.51. The Bertz CT molecular complexity index is 1410. The van der Waals surface area contributed by atoms with Gasteiger partial charge in [-0.15, -0.1) is 0 Å². The fraction of sp³-hybridized carbons (Fsp3) is 0.111. The Morgan fingerprint density at radius 1 is 0.970 bits per heavy atom. The van der Waals surface area contributed by atoms with Gasteiger partial charge in [-0.05, 0) is 34.7 Å². The number of benzene rings is 3. The molecule has 0 aliphatic carbocycles. The molecule has 33 heavy (non-hydrogen) atoms. The number of fused-ring (bicyclic) bond motifs is 1. The minimum Gasteiger partial charge on any atom is -0.462 e. The molecule has 0 radical (unpaired) electrons. The minimum absolute atomic E-state index is 0.0812. The van der Waals surface area contributed by atoms with E-state index in [0.717, 1.165) is 27.3 Å². The Kier molecular flexibility index (Phi) is 5.84. The molecule has 1 aliphatic heterocycles. The summed E-state index contributed by atoms with van der Waals surface area (Å²) in [5.41, 5.74) is 2.62. The first kappa shape index (κ1) is 21.2. The molecule has 0 bridgehead atoms. The number of pyridine rings is 1. The molecule has 5 rings (SSSR count).